The van der Waals surface area contributed by atoms with Gasteiger partial charge in [0.2, 0.25) is 0 Å². The highest BCUT2D eigenvalue weighted by Gasteiger charge is 2.26. The molecule has 0 aliphatic heterocycles. The van der Waals surface area contributed by atoms with E-state index in [0.717, 1.165) is 18.8 Å². The van der Waals surface area contributed by atoms with Crippen LogP contribution in [0.25, 0.3) is 0 Å². The second kappa shape index (κ2) is 6.47. The van der Waals surface area contributed by atoms with Gasteiger partial charge in [-0.1, -0.05) is 13.3 Å². The van der Waals surface area contributed by atoms with Crippen LogP contribution >= 0.6 is 11.3 Å². The monoisotopic (exact) mass is 309 g/mol. The van der Waals surface area contributed by atoms with Crippen LogP contribution in [0, 0.1) is 5.92 Å². The molecule has 0 bridgehead atoms. The van der Waals surface area contributed by atoms with Gasteiger partial charge in [0.15, 0.2) is 5.78 Å². The van der Waals surface area contributed by atoms with E-state index in [1.165, 1.54) is 37.5 Å². The molecular formula is C15H23N3O2S. The van der Waals surface area contributed by atoms with Gasteiger partial charge in [-0.2, -0.15) is 0 Å². The minimum atomic E-state index is -0.582. The summed E-state index contributed by atoms with van der Waals surface area (Å²) in [7, 11) is 0. The van der Waals surface area contributed by atoms with Crippen LogP contribution in [-0.4, -0.2) is 17.7 Å². The van der Waals surface area contributed by atoms with Crippen LogP contribution in [0.4, 0.5) is 10.7 Å². The Morgan fingerprint density at radius 2 is 1.90 bits per heavy atom. The summed E-state index contributed by atoms with van der Waals surface area (Å²) in [6.45, 7) is 3.67. The summed E-state index contributed by atoms with van der Waals surface area (Å²) < 4.78 is 0. The zero-order valence-corrected chi connectivity index (χ0v) is 13.4. The highest BCUT2D eigenvalue weighted by molar-refractivity contribution is 7.19. The van der Waals surface area contributed by atoms with E-state index in [0.29, 0.717) is 15.9 Å². The molecule has 21 heavy (non-hydrogen) atoms. The fourth-order valence-electron chi connectivity index (χ4n) is 2.95. The first-order chi connectivity index (χ1) is 9.93. The molecule has 6 heteroatoms. The number of Topliss-reactive ketones (excluding diaryl/α,β-unsaturated/α-hetero) is 1. The van der Waals surface area contributed by atoms with Crippen molar-refractivity contribution >= 4 is 33.7 Å². The summed E-state index contributed by atoms with van der Waals surface area (Å²) in [6.07, 6.45) is 5.76. The average molecular weight is 309 g/mol. The van der Waals surface area contributed by atoms with Gasteiger partial charge in [-0.25, -0.2) is 0 Å². The van der Waals surface area contributed by atoms with Crippen LogP contribution in [0.5, 0.6) is 0 Å². The molecule has 1 aliphatic carbocycles. The largest absolute Gasteiger partial charge is 0.397 e. The third kappa shape index (κ3) is 3.37. The molecule has 0 atom stereocenters. The van der Waals surface area contributed by atoms with Crippen molar-refractivity contribution in [3.05, 3.63) is 10.4 Å². The molecule has 1 aromatic heterocycles. The van der Waals surface area contributed by atoms with Crippen LogP contribution in [0.15, 0.2) is 0 Å². The smallest absolute Gasteiger partial charge is 0.253 e. The Kier molecular flexibility index (Phi) is 4.88. The van der Waals surface area contributed by atoms with Crippen molar-refractivity contribution in [1.82, 2.24) is 0 Å². The van der Waals surface area contributed by atoms with Crippen molar-refractivity contribution < 1.29 is 9.59 Å². The van der Waals surface area contributed by atoms with E-state index in [9.17, 15) is 9.59 Å². The first-order valence-corrected chi connectivity index (χ1v) is 8.25. The number of hydrogen-bond donors (Lipinski definition) is 3. The van der Waals surface area contributed by atoms with Gasteiger partial charge in [-0.15, -0.1) is 11.3 Å². The van der Waals surface area contributed by atoms with Gasteiger partial charge in [0.1, 0.15) is 5.00 Å². The second-order valence-electron chi connectivity index (χ2n) is 5.74. The summed E-state index contributed by atoms with van der Waals surface area (Å²) in [5.74, 6) is 0.0866. The Morgan fingerprint density at radius 1 is 1.29 bits per heavy atom. The number of nitrogens with one attached hydrogen (secondary N) is 1. The molecule has 0 aromatic carbocycles. The second-order valence-corrected chi connectivity index (χ2v) is 6.76. The number of carbonyl (C=O) groups excluding carboxylic acids is 2. The molecule has 2 rings (SSSR count). The third-order valence-corrected chi connectivity index (χ3v) is 5.51. The third-order valence-electron chi connectivity index (χ3n) is 4.27. The Labute approximate surface area is 129 Å². The number of nitrogens with two attached hydrogens (primary N) is 2. The number of nitrogen functional groups attached to an aromatic ring is 1. The van der Waals surface area contributed by atoms with E-state index in [1.807, 2.05) is 0 Å². The quantitative estimate of drug-likeness (QED) is 0.728. The van der Waals surface area contributed by atoms with Gasteiger partial charge in [0.25, 0.3) is 5.91 Å². The van der Waals surface area contributed by atoms with Crippen molar-refractivity contribution in [2.75, 3.05) is 11.1 Å². The lowest BCUT2D eigenvalue weighted by Crippen LogP contribution is -2.26. The van der Waals surface area contributed by atoms with Gasteiger partial charge < -0.3 is 16.8 Å². The van der Waals surface area contributed by atoms with Gasteiger partial charge in [0.05, 0.1) is 16.1 Å². The molecule has 1 heterocycles. The Balaban J connectivity index is 2.18. The Bertz CT molecular complexity index is 545. The minimum absolute atomic E-state index is 0.136. The molecule has 1 aliphatic rings. The number of thiophene rings is 1. The number of hydrogen-bond acceptors (Lipinski definition) is 5. The number of ketones is 1. The number of amides is 1. The minimum Gasteiger partial charge on any atom is -0.397 e. The van der Waals surface area contributed by atoms with Gasteiger partial charge in [-0.05, 0) is 31.6 Å². The Morgan fingerprint density at radius 3 is 2.38 bits per heavy atom. The molecule has 5 nitrogen and oxygen atoms in total. The fourth-order valence-corrected chi connectivity index (χ4v) is 4.05. The van der Waals surface area contributed by atoms with E-state index in [-0.39, 0.29) is 17.0 Å². The van der Waals surface area contributed by atoms with Gasteiger partial charge in [-0.3, -0.25) is 9.59 Å². The molecule has 0 unspecified atom stereocenters. The molecule has 1 aromatic rings. The van der Waals surface area contributed by atoms with E-state index < -0.39 is 5.91 Å². The number of primary amides is 1. The molecule has 1 saturated carbocycles. The van der Waals surface area contributed by atoms with Crippen molar-refractivity contribution in [3.8, 4) is 0 Å². The summed E-state index contributed by atoms with van der Waals surface area (Å²) >= 11 is 1.24. The van der Waals surface area contributed by atoms with Crippen molar-refractivity contribution in [1.29, 1.82) is 0 Å². The SMILES string of the molecule is CCC1CCC(Nc2sc(C(C)=O)c(N)c2C(N)=O)CC1. The summed E-state index contributed by atoms with van der Waals surface area (Å²) in [5.41, 5.74) is 11.8. The van der Waals surface area contributed by atoms with Crippen molar-refractivity contribution in [2.45, 2.75) is 52.0 Å². The highest BCUT2D eigenvalue weighted by atomic mass is 32.1. The van der Waals surface area contributed by atoms with Crippen LogP contribution in [-0.2, 0) is 0 Å². The molecule has 0 radical (unpaired) electrons. The molecule has 116 valence electrons. The lowest BCUT2D eigenvalue weighted by molar-refractivity contribution is 0.100. The van der Waals surface area contributed by atoms with Crippen LogP contribution in [0.1, 0.15) is 66.0 Å². The number of carbonyl (C=O) groups is 2. The number of anilines is 2. The summed E-state index contributed by atoms with van der Waals surface area (Å²) in [4.78, 5) is 23.6. The predicted molar refractivity (Wildman–Crippen MR) is 86.9 cm³/mol. The molecule has 1 amide bonds. The zero-order valence-electron chi connectivity index (χ0n) is 12.6. The van der Waals surface area contributed by atoms with Crippen LogP contribution in [0.3, 0.4) is 0 Å². The predicted octanol–water partition coefficient (Wildman–Crippen LogP) is 3.01. The normalized spacial score (nSPS) is 22.0. The lowest BCUT2D eigenvalue weighted by atomic mass is 9.84. The topological polar surface area (TPSA) is 98.2 Å². The molecule has 0 spiro atoms. The lowest BCUT2D eigenvalue weighted by Gasteiger charge is -2.28. The maximum absolute atomic E-state index is 11.6. The first-order valence-electron chi connectivity index (χ1n) is 7.43. The summed E-state index contributed by atoms with van der Waals surface area (Å²) in [5, 5.41) is 4.02. The maximum Gasteiger partial charge on any atom is 0.253 e. The number of rotatable bonds is 5. The molecule has 1 fully saturated rings. The fraction of sp³-hybridized carbons (Fsp3) is 0.600. The highest BCUT2D eigenvalue weighted by Crippen LogP contribution is 2.38. The first kappa shape index (κ1) is 15.8. The van der Waals surface area contributed by atoms with E-state index >= 15 is 0 Å². The molecule has 0 saturated heterocycles. The summed E-state index contributed by atoms with van der Waals surface area (Å²) in [6, 6.07) is 0.323. The Hall–Kier alpha value is -1.56. The zero-order chi connectivity index (χ0) is 15.6. The van der Waals surface area contributed by atoms with Crippen LogP contribution < -0.4 is 16.8 Å². The molecular weight excluding hydrogens is 286 g/mol. The standard InChI is InChI=1S/C15H23N3O2S/c1-3-9-4-6-10(7-5-9)18-15-11(14(17)20)12(16)13(21-15)8(2)19/h9-10,18H,3-7,16H2,1-2H3,(H2,17,20). The van der Waals surface area contributed by atoms with Gasteiger partial charge in [0, 0.05) is 13.0 Å². The van der Waals surface area contributed by atoms with Crippen LogP contribution in [0.2, 0.25) is 0 Å². The van der Waals surface area contributed by atoms with E-state index in [1.54, 1.807) is 0 Å². The van der Waals surface area contributed by atoms with E-state index in [4.69, 9.17) is 11.5 Å². The molecule has 5 N–H and O–H groups in total. The maximum atomic E-state index is 11.6. The van der Waals surface area contributed by atoms with Crippen molar-refractivity contribution in [3.63, 3.8) is 0 Å². The average Bonchev–Trinajstić information content (AvgIpc) is 2.76. The van der Waals surface area contributed by atoms with E-state index in [2.05, 4.69) is 12.2 Å². The van der Waals surface area contributed by atoms with Crippen molar-refractivity contribution in [2.24, 2.45) is 11.7 Å². The van der Waals surface area contributed by atoms with Gasteiger partial charge >= 0.3 is 0 Å².